The van der Waals surface area contributed by atoms with Crippen LogP contribution in [0.3, 0.4) is 0 Å². The van der Waals surface area contributed by atoms with Crippen LogP contribution in [-0.4, -0.2) is 12.9 Å². The van der Waals surface area contributed by atoms with Crippen molar-refractivity contribution in [3.05, 3.63) is 5.90 Å². The third kappa shape index (κ3) is 4.19. The molecular formula is C5H10NO2Rb. The molecule has 0 aromatic rings. The maximum atomic E-state index is 6.47. The number of nitrogens with one attached hydrogen (secondary N) is 1. The second-order valence-electron chi connectivity index (χ2n) is 1.91. The molecule has 0 spiro atoms. The Hall–Kier alpha value is 1.69. The van der Waals surface area contributed by atoms with Crippen LogP contribution in [0.4, 0.5) is 0 Å². The van der Waals surface area contributed by atoms with E-state index in [0.29, 0.717) is 0 Å². The number of ether oxygens (including phenoxy) is 1. The molecule has 1 aliphatic rings. The summed E-state index contributed by atoms with van der Waals surface area (Å²) < 4.78 is 5.02. The summed E-state index contributed by atoms with van der Waals surface area (Å²) >= 11 is 0. The van der Waals surface area contributed by atoms with Crippen LogP contribution in [0.15, 0.2) is 0 Å². The fraction of sp³-hybridized carbons (Fsp3) is 1.00. The van der Waals surface area contributed by atoms with Crippen molar-refractivity contribution >= 4 is 0 Å². The summed E-state index contributed by atoms with van der Waals surface area (Å²) in [5.41, 5.74) is 0. The van der Waals surface area contributed by atoms with Gasteiger partial charge in [-0.2, -0.15) is 0 Å². The summed E-state index contributed by atoms with van der Waals surface area (Å²) in [4.78, 5) is 4.22. The molecule has 0 aromatic heterocycles. The van der Waals surface area contributed by atoms with E-state index in [1.54, 1.807) is 0 Å². The van der Waals surface area contributed by atoms with E-state index < -0.39 is 0 Å². The monoisotopic (exact) mass is 201 g/mol. The summed E-state index contributed by atoms with van der Waals surface area (Å²) in [7, 11) is 0. The summed E-state index contributed by atoms with van der Waals surface area (Å²) in [6, 6.07) is 0. The first-order chi connectivity index (χ1) is 3.93. The van der Waals surface area contributed by atoms with Crippen LogP contribution in [0, 0.1) is 0 Å². The van der Waals surface area contributed by atoms with Crippen LogP contribution in [0.5, 0.6) is 0 Å². The quantitative estimate of drug-likeness (QED) is 0.485. The van der Waals surface area contributed by atoms with Gasteiger partial charge in [-0.3, -0.25) is 0 Å². The van der Waals surface area contributed by atoms with Crippen molar-refractivity contribution in [3.8, 4) is 0 Å². The first-order valence-corrected chi connectivity index (χ1v) is 2.87. The molecule has 1 heterocycles. The van der Waals surface area contributed by atoms with Gasteiger partial charge in [0.05, 0.1) is 0 Å². The zero-order chi connectivity index (χ0) is 5.82. The van der Waals surface area contributed by atoms with Gasteiger partial charge in [-0.05, 0) is 19.3 Å². The van der Waals surface area contributed by atoms with E-state index in [1.807, 2.05) is 0 Å². The predicted octanol–water partition coefficient (Wildman–Crippen LogP) is -1.50. The molecule has 9 heavy (non-hydrogen) atoms. The summed E-state index contributed by atoms with van der Waals surface area (Å²) in [6.45, 7) is 0.754. The second kappa shape index (κ2) is 6.40. The smallest absolute Gasteiger partial charge is 0.547 e. The topological polar surface area (TPSA) is 42.3 Å². The van der Waals surface area contributed by atoms with Crippen molar-refractivity contribution in [2.24, 2.45) is 0 Å². The molecule has 0 aromatic carbocycles. The van der Waals surface area contributed by atoms with Crippen LogP contribution in [-0.2, 0) is 9.57 Å². The minimum Gasteiger partial charge on any atom is -0.547 e. The van der Waals surface area contributed by atoms with E-state index >= 15 is 0 Å². The Kier molecular flexibility index (Phi) is 7.60. The average Bonchev–Trinajstić information content (AvgIpc) is 1.90. The van der Waals surface area contributed by atoms with E-state index in [-0.39, 0.29) is 64.5 Å². The van der Waals surface area contributed by atoms with Crippen LogP contribution in [0.25, 0.3) is 5.90 Å². The fourth-order valence-electron chi connectivity index (χ4n) is 0.804. The van der Waals surface area contributed by atoms with Gasteiger partial charge in [0.2, 0.25) is 0 Å². The Morgan fingerprint density at radius 1 is 1.44 bits per heavy atom. The normalized spacial score (nSPS) is 27.0. The Morgan fingerprint density at radius 3 is 2.56 bits per heavy atom. The summed E-state index contributed by atoms with van der Waals surface area (Å²) in [5.74, 6) is 6.47. The molecular weight excluding hydrogens is 192 g/mol. The van der Waals surface area contributed by atoms with E-state index in [0.717, 1.165) is 25.9 Å². The van der Waals surface area contributed by atoms with Gasteiger partial charge in [0, 0.05) is 6.61 Å². The second-order valence-corrected chi connectivity index (χ2v) is 1.91. The minimum absolute atomic E-state index is 0. The van der Waals surface area contributed by atoms with Gasteiger partial charge in [0.1, 0.15) is 6.29 Å². The van der Waals surface area contributed by atoms with Gasteiger partial charge in [0.25, 0.3) is 0 Å². The van der Waals surface area contributed by atoms with Crippen LogP contribution in [0.2, 0.25) is 0 Å². The summed E-state index contributed by atoms with van der Waals surface area (Å²) in [5, 5.41) is 0. The van der Waals surface area contributed by atoms with Gasteiger partial charge < -0.3 is 15.5 Å². The van der Waals surface area contributed by atoms with Crippen molar-refractivity contribution in [2.45, 2.75) is 25.6 Å². The van der Waals surface area contributed by atoms with E-state index in [1.165, 1.54) is 0 Å². The molecule has 1 atom stereocenters. The first-order valence-electron chi connectivity index (χ1n) is 2.87. The molecule has 0 amide bonds. The molecule has 1 unspecified atom stereocenters. The standard InChI is InChI=1S/C5H10NO2.Rb/c6-8-5-3-1-2-4-7-5;/h5-6H,1-4H2;/q-1;+1. The van der Waals surface area contributed by atoms with Crippen LogP contribution >= 0.6 is 0 Å². The van der Waals surface area contributed by atoms with E-state index in [9.17, 15) is 0 Å². The van der Waals surface area contributed by atoms with Gasteiger partial charge in [-0.15, -0.1) is 0 Å². The number of rotatable bonds is 1. The van der Waals surface area contributed by atoms with Crippen LogP contribution in [0.1, 0.15) is 19.3 Å². The molecule has 1 N–H and O–H groups in total. The minimum atomic E-state index is -0.247. The molecule has 1 aliphatic heterocycles. The van der Waals surface area contributed by atoms with Gasteiger partial charge in [0.15, 0.2) is 0 Å². The van der Waals surface area contributed by atoms with Gasteiger partial charge >= 0.3 is 58.2 Å². The average molecular weight is 202 g/mol. The Balaban J connectivity index is 0.000000640. The Bertz CT molecular complexity index is 66.0. The molecule has 1 saturated heterocycles. The third-order valence-corrected chi connectivity index (χ3v) is 1.27. The Morgan fingerprint density at radius 2 is 2.22 bits per heavy atom. The largest absolute Gasteiger partial charge is 1.00 e. The zero-order valence-corrected chi connectivity index (χ0v) is 10.6. The summed E-state index contributed by atoms with van der Waals surface area (Å²) in [6.07, 6.45) is 2.87. The fourth-order valence-corrected chi connectivity index (χ4v) is 0.804. The van der Waals surface area contributed by atoms with Crippen LogP contribution < -0.4 is 58.2 Å². The SMILES string of the molecule is [NH-]OC1CCCCO1.[Rb+]. The molecule has 1 fully saturated rings. The van der Waals surface area contributed by atoms with Crippen molar-refractivity contribution in [3.63, 3.8) is 0 Å². The molecule has 48 valence electrons. The zero-order valence-electron chi connectivity index (χ0n) is 5.72. The van der Waals surface area contributed by atoms with Crippen molar-refractivity contribution in [1.29, 1.82) is 0 Å². The van der Waals surface area contributed by atoms with Crippen molar-refractivity contribution in [2.75, 3.05) is 6.61 Å². The van der Waals surface area contributed by atoms with Gasteiger partial charge in [-0.1, -0.05) is 0 Å². The molecule has 4 heteroatoms. The number of hydrogen-bond donors (Lipinski definition) is 0. The molecule has 0 aliphatic carbocycles. The first kappa shape index (κ1) is 10.7. The van der Waals surface area contributed by atoms with Crippen molar-refractivity contribution < 1.29 is 67.8 Å². The molecule has 0 radical (unpaired) electrons. The predicted molar refractivity (Wildman–Crippen MR) is 29.0 cm³/mol. The maximum absolute atomic E-state index is 6.47. The van der Waals surface area contributed by atoms with E-state index in [4.69, 9.17) is 10.6 Å². The third-order valence-electron chi connectivity index (χ3n) is 1.27. The molecule has 0 saturated carbocycles. The molecule has 1 rings (SSSR count). The van der Waals surface area contributed by atoms with Crippen molar-refractivity contribution in [1.82, 2.24) is 0 Å². The maximum Gasteiger partial charge on any atom is 1.00 e. The van der Waals surface area contributed by atoms with E-state index in [2.05, 4.69) is 4.84 Å². The van der Waals surface area contributed by atoms with Gasteiger partial charge in [-0.25, -0.2) is 0 Å². The molecule has 0 bridgehead atoms. The Labute approximate surface area is 104 Å². The number of hydrogen-bond acceptors (Lipinski definition) is 2. The molecule has 3 nitrogen and oxygen atoms in total.